The van der Waals surface area contributed by atoms with E-state index in [9.17, 15) is 0 Å². The highest BCUT2D eigenvalue weighted by molar-refractivity contribution is 7.23. The second-order valence-electron chi connectivity index (χ2n) is 11.3. The monoisotopic (exact) mass is 505 g/mol. The number of rotatable bonds is 4. The summed E-state index contributed by atoms with van der Waals surface area (Å²) in [5.74, 6) is 0.671. The molecule has 0 N–H and O–H groups in total. The van der Waals surface area contributed by atoms with Gasteiger partial charge in [0.2, 0.25) is 0 Å². The summed E-state index contributed by atoms with van der Waals surface area (Å²) in [6, 6.07) is 24.9. The third-order valence-corrected chi connectivity index (χ3v) is 9.06. The summed E-state index contributed by atoms with van der Waals surface area (Å²) < 4.78 is 2.64. The van der Waals surface area contributed by atoms with Crippen molar-refractivity contribution >= 4 is 53.6 Å². The van der Waals surface area contributed by atoms with Crippen LogP contribution in [0.15, 0.2) is 78.3 Å². The summed E-state index contributed by atoms with van der Waals surface area (Å²) in [6.07, 6.45) is 3.09. The number of benzene rings is 3. The van der Waals surface area contributed by atoms with Gasteiger partial charge in [0.15, 0.2) is 0 Å². The van der Waals surface area contributed by atoms with E-state index in [4.69, 9.17) is 4.98 Å². The standard InChI is InChI=1S/C33H31NS2/c1-20(2)14-21-10-11-26-27(19-35-29(26)15-21)30-18-23-12-13-34-31(32(23)36-30)24-16-22-8-6-7-9-25(22)28(17-24)33(3,4)5/h6-13,15-20H,14H2,1-5H3. The van der Waals surface area contributed by atoms with Crippen LogP contribution in [-0.4, -0.2) is 4.98 Å². The first-order valence-corrected chi connectivity index (χ1v) is 14.4. The summed E-state index contributed by atoms with van der Waals surface area (Å²) in [4.78, 5) is 6.23. The number of thiophene rings is 2. The lowest BCUT2D eigenvalue weighted by atomic mass is 9.82. The van der Waals surface area contributed by atoms with Crippen molar-refractivity contribution in [2.45, 2.75) is 46.5 Å². The summed E-state index contributed by atoms with van der Waals surface area (Å²) in [7, 11) is 0. The molecule has 0 saturated carbocycles. The van der Waals surface area contributed by atoms with Crippen molar-refractivity contribution in [1.82, 2.24) is 4.98 Å². The minimum Gasteiger partial charge on any atom is -0.255 e. The molecular weight excluding hydrogens is 475 g/mol. The molecular formula is C33H31NS2. The first-order chi connectivity index (χ1) is 17.3. The summed E-state index contributed by atoms with van der Waals surface area (Å²) >= 11 is 3.73. The number of aromatic nitrogens is 1. The Morgan fingerprint density at radius 2 is 1.69 bits per heavy atom. The first-order valence-electron chi connectivity index (χ1n) is 12.7. The molecule has 6 aromatic rings. The average molecular weight is 506 g/mol. The van der Waals surface area contributed by atoms with Crippen LogP contribution < -0.4 is 0 Å². The van der Waals surface area contributed by atoms with Gasteiger partial charge in [0, 0.05) is 37.7 Å². The van der Waals surface area contributed by atoms with Crippen molar-refractivity contribution in [1.29, 1.82) is 0 Å². The van der Waals surface area contributed by atoms with Crippen molar-refractivity contribution in [3.8, 4) is 21.7 Å². The van der Waals surface area contributed by atoms with Crippen LogP contribution in [0.25, 0.3) is 52.6 Å². The zero-order valence-corrected chi connectivity index (χ0v) is 23.2. The Hall–Kier alpha value is -3.01. The molecule has 36 heavy (non-hydrogen) atoms. The van der Waals surface area contributed by atoms with Crippen molar-refractivity contribution in [3.05, 3.63) is 89.4 Å². The topological polar surface area (TPSA) is 12.9 Å². The number of pyridine rings is 1. The van der Waals surface area contributed by atoms with Gasteiger partial charge in [-0.15, -0.1) is 22.7 Å². The Labute approximate surface area is 221 Å². The number of fused-ring (bicyclic) bond motifs is 3. The molecule has 6 rings (SSSR count). The Kier molecular flexibility index (Phi) is 5.74. The third-order valence-electron chi connectivity index (χ3n) is 6.93. The van der Waals surface area contributed by atoms with E-state index in [2.05, 4.69) is 107 Å². The van der Waals surface area contributed by atoms with Crippen LogP contribution in [0.4, 0.5) is 0 Å². The van der Waals surface area contributed by atoms with Crippen molar-refractivity contribution in [2.24, 2.45) is 5.92 Å². The van der Waals surface area contributed by atoms with E-state index in [0.717, 1.165) is 12.1 Å². The van der Waals surface area contributed by atoms with E-state index in [-0.39, 0.29) is 5.41 Å². The fraction of sp³-hybridized carbons (Fsp3) is 0.242. The van der Waals surface area contributed by atoms with Crippen LogP contribution in [0.5, 0.6) is 0 Å². The van der Waals surface area contributed by atoms with E-state index < -0.39 is 0 Å². The largest absolute Gasteiger partial charge is 0.255 e. The predicted octanol–water partition coefficient (Wildman–Crippen LogP) is 10.5. The molecule has 1 nitrogen and oxygen atoms in total. The summed E-state index contributed by atoms with van der Waals surface area (Å²) in [5.41, 5.74) is 6.47. The van der Waals surface area contributed by atoms with Crippen LogP contribution in [0, 0.1) is 5.92 Å². The molecule has 0 unspecified atom stereocenters. The van der Waals surface area contributed by atoms with Crippen LogP contribution >= 0.6 is 22.7 Å². The van der Waals surface area contributed by atoms with Crippen LogP contribution in [0.3, 0.4) is 0 Å². The molecule has 0 saturated heterocycles. The molecule has 0 bridgehead atoms. The molecule has 0 aliphatic rings. The van der Waals surface area contributed by atoms with Gasteiger partial charge in [0.05, 0.1) is 10.4 Å². The van der Waals surface area contributed by atoms with Gasteiger partial charge >= 0.3 is 0 Å². The van der Waals surface area contributed by atoms with Gasteiger partial charge in [0.25, 0.3) is 0 Å². The maximum absolute atomic E-state index is 4.92. The normalized spacial score (nSPS) is 12.4. The van der Waals surface area contributed by atoms with Crippen LogP contribution in [0.2, 0.25) is 0 Å². The van der Waals surface area contributed by atoms with Gasteiger partial charge in [-0.25, -0.2) is 0 Å². The minimum absolute atomic E-state index is 0.0497. The van der Waals surface area contributed by atoms with Gasteiger partial charge in [-0.2, -0.15) is 0 Å². The predicted molar refractivity (Wildman–Crippen MR) is 161 cm³/mol. The molecule has 0 atom stereocenters. The Balaban J connectivity index is 1.50. The van der Waals surface area contributed by atoms with E-state index in [0.29, 0.717) is 5.92 Å². The lowest BCUT2D eigenvalue weighted by molar-refractivity contribution is 0.596. The lowest BCUT2D eigenvalue weighted by Gasteiger charge is -2.22. The molecule has 3 heteroatoms. The van der Waals surface area contributed by atoms with Crippen molar-refractivity contribution in [3.63, 3.8) is 0 Å². The second-order valence-corrected chi connectivity index (χ2v) is 13.2. The van der Waals surface area contributed by atoms with Gasteiger partial charge < -0.3 is 0 Å². The fourth-order valence-electron chi connectivity index (χ4n) is 5.23. The van der Waals surface area contributed by atoms with Crippen molar-refractivity contribution in [2.75, 3.05) is 0 Å². The fourth-order valence-corrected chi connectivity index (χ4v) is 7.53. The molecule has 3 aromatic heterocycles. The highest BCUT2D eigenvalue weighted by Gasteiger charge is 2.20. The van der Waals surface area contributed by atoms with Gasteiger partial charge in [-0.1, -0.05) is 71.0 Å². The van der Waals surface area contributed by atoms with Crippen LogP contribution in [-0.2, 0) is 11.8 Å². The summed E-state index contributed by atoms with van der Waals surface area (Å²) in [6.45, 7) is 11.5. The molecule has 0 aliphatic carbocycles. The Morgan fingerprint density at radius 3 is 2.50 bits per heavy atom. The lowest BCUT2D eigenvalue weighted by Crippen LogP contribution is -2.12. The number of hydrogen-bond donors (Lipinski definition) is 0. The van der Waals surface area contributed by atoms with E-state index in [1.165, 1.54) is 58.1 Å². The van der Waals surface area contributed by atoms with Gasteiger partial charge in [-0.3, -0.25) is 4.98 Å². The molecule has 0 spiro atoms. The number of hydrogen-bond acceptors (Lipinski definition) is 3. The second kappa shape index (κ2) is 8.83. The van der Waals surface area contributed by atoms with Crippen LogP contribution in [0.1, 0.15) is 45.7 Å². The molecule has 0 amide bonds. The molecule has 0 fully saturated rings. The maximum Gasteiger partial charge on any atom is 0.0880 e. The quantitative estimate of drug-likeness (QED) is 0.232. The minimum atomic E-state index is 0.0497. The average Bonchev–Trinajstić information content (AvgIpc) is 3.46. The summed E-state index contributed by atoms with van der Waals surface area (Å²) in [5, 5.41) is 7.55. The Morgan fingerprint density at radius 1 is 0.861 bits per heavy atom. The SMILES string of the molecule is CC(C)Cc1ccc2c(-c3cc4ccnc(-c5cc(C(C)(C)C)c6ccccc6c5)c4s3)csc2c1. The highest BCUT2D eigenvalue weighted by Crippen LogP contribution is 2.44. The zero-order chi connectivity index (χ0) is 25.0. The van der Waals surface area contributed by atoms with E-state index in [1.54, 1.807) is 0 Å². The van der Waals surface area contributed by atoms with Gasteiger partial charge in [-0.05, 0) is 75.4 Å². The molecule has 3 aromatic carbocycles. The maximum atomic E-state index is 4.92. The van der Waals surface area contributed by atoms with Gasteiger partial charge in [0.1, 0.15) is 0 Å². The Bertz CT molecular complexity index is 1730. The molecule has 180 valence electrons. The smallest absolute Gasteiger partial charge is 0.0880 e. The van der Waals surface area contributed by atoms with E-state index >= 15 is 0 Å². The van der Waals surface area contributed by atoms with E-state index in [1.807, 2.05) is 28.9 Å². The molecule has 0 aliphatic heterocycles. The zero-order valence-electron chi connectivity index (χ0n) is 21.6. The number of nitrogens with zero attached hydrogens (tertiary/aromatic N) is 1. The first kappa shape index (κ1) is 23.4. The molecule has 0 radical (unpaired) electrons. The van der Waals surface area contributed by atoms with Crippen molar-refractivity contribution < 1.29 is 0 Å². The molecule has 3 heterocycles. The third kappa shape index (κ3) is 4.15. The highest BCUT2D eigenvalue weighted by atomic mass is 32.1.